The summed E-state index contributed by atoms with van der Waals surface area (Å²) in [6.45, 7) is 3.21. The molecule has 0 aliphatic heterocycles. The van der Waals surface area contributed by atoms with Crippen molar-refractivity contribution >= 4 is 19.7 Å². The Balaban J connectivity index is 2.93. The summed E-state index contributed by atoms with van der Waals surface area (Å²) in [6, 6.07) is 0. The maximum atomic E-state index is 12.2. The SMILES string of the molecule is CC[C@H](C)OCc1nn(CCF)cc1S(=O)(=O)Cl. The summed E-state index contributed by atoms with van der Waals surface area (Å²) in [7, 11) is 1.40. The molecular formula is C10H16ClFN2O3S. The Labute approximate surface area is 110 Å². The first-order valence-electron chi connectivity index (χ1n) is 5.57. The van der Waals surface area contributed by atoms with Crippen LogP contribution in [0.5, 0.6) is 0 Å². The van der Waals surface area contributed by atoms with E-state index in [4.69, 9.17) is 15.4 Å². The number of aryl methyl sites for hydroxylation is 1. The minimum atomic E-state index is -3.90. The number of hydrogen-bond acceptors (Lipinski definition) is 4. The summed E-state index contributed by atoms with van der Waals surface area (Å²) in [5, 5.41) is 3.96. The minimum absolute atomic E-state index is 0.0112. The van der Waals surface area contributed by atoms with Crippen LogP contribution < -0.4 is 0 Å². The van der Waals surface area contributed by atoms with E-state index in [0.717, 1.165) is 6.42 Å². The van der Waals surface area contributed by atoms with Crippen molar-refractivity contribution in [2.24, 2.45) is 0 Å². The predicted octanol–water partition coefficient (Wildman–Crippen LogP) is 2.10. The first-order chi connectivity index (χ1) is 8.38. The molecule has 0 amide bonds. The zero-order valence-corrected chi connectivity index (χ0v) is 11.8. The molecule has 0 bridgehead atoms. The predicted molar refractivity (Wildman–Crippen MR) is 65.8 cm³/mol. The van der Waals surface area contributed by atoms with Crippen molar-refractivity contribution in [1.82, 2.24) is 9.78 Å². The quantitative estimate of drug-likeness (QED) is 0.723. The molecule has 8 heteroatoms. The van der Waals surface area contributed by atoms with Crippen molar-refractivity contribution < 1.29 is 17.5 Å². The molecule has 0 N–H and O–H groups in total. The van der Waals surface area contributed by atoms with E-state index in [1.165, 1.54) is 10.9 Å². The molecule has 0 aliphatic carbocycles. The molecule has 1 atom stereocenters. The molecule has 0 saturated carbocycles. The Bertz CT molecular complexity index is 489. The number of rotatable bonds is 7. The molecule has 5 nitrogen and oxygen atoms in total. The van der Waals surface area contributed by atoms with Gasteiger partial charge in [0.1, 0.15) is 17.3 Å². The van der Waals surface area contributed by atoms with Crippen molar-refractivity contribution in [3.05, 3.63) is 11.9 Å². The lowest BCUT2D eigenvalue weighted by Gasteiger charge is -2.09. The summed E-state index contributed by atoms with van der Waals surface area (Å²) >= 11 is 0. The van der Waals surface area contributed by atoms with Gasteiger partial charge in [-0.2, -0.15) is 5.10 Å². The minimum Gasteiger partial charge on any atom is -0.372 e. The third-order valence-corrected chi connectivity index (χ3v) is 3.82. The average molecular weight is 299 g/mol. The van der Waals surface area contributed by atoms with Crippen LogP contribution in [0.25, 0.3) is 0 Å². The molecule has 1 aromatic rings. The fourth-order valence-electron chi connectivity index (χ4n) is 1.29. The molecule has 0 fully saturated rings. The molecule has 104 valence electrons. The van der Waals surface area contributed by atoms with Gasteiger partial charge in [0.15, 0.2) is 0 Å². The molecular weight excluding hydrogens is 283 g/mol. The standard InChI is InChI=1S/C10H16ClFN2O3S/c1-3-8(2)17-7-9-10(18(11,15)16)6-14(13-9)5-4-12/h6,8H,3-5,7H2,1-2H3/t8-/m0/s1. The van der Waals surface area contributed by atoms with Crippen LogP contribution in [0.2, 0.25) is 0 Å². The van der Waals surface area contributed by atoms with Crippen molar-refractivity contribution in [3.8, 4) is 0 Å². The first kappa shape index (κ1) is 15.4. The van der Waals surface area contributed by atoms with Crippen LogP contribution in [-0.4, -0.2) is 31.0 Å². The van der Waals surface area contributed by atoms with Gasteiger partial charge in [0.05, 0.1) is 19.3 Å². The van der Waals surface area contributed by atoms with E-state index in [1.54, 1.807) is 0 Å². The van der Waals surface area contributed by atoms with Crippen LogP contribution in [-0.2, 0) is 26.9 Å². The highest BCUT2D eigenvalue weighted by atomic mass is 35.7. The van der Waals surface area contributed by atoms with E-state index < -0.39 is 15.7 Å². The molecule has 0 aliphatic rings. The molecule has 0 saturated heterocycles. The van der Waals surface area contributed by atoms with Gasteiger partial charge < -0.3 is 4.74 Å². The molecule has 1 heterocycles. The third kappa shape index (κ3) is 4.22. The van der Waals surface area contributed by atoms with Gasteiger partial charge >= 0.3 is 0 Å². The normalized spacial score (nSPS) is 13.8. The van der Waals surface area contributed by atoms with Gasteiger partial charge in [-0.15, -0.1) is 0 Å². The second-order valence-electron chi connectivity index (χ2n) is 3.86. The fourth-order valence-corrected chi connectivity index (χ4v) is 2.30. The second-order valence-corrected chi connectivity index (χ2v) is 6.39. The van der Waals surface area contributed by atoms with Crippen molar-refractivity contribution in [2.45, 2.75) is 44.4 Å². The van der Waals surface area contributed by atoms with E-state index in [9.17, 15) is 12.8 Å². The van der Waals surface area contributed by atoms with Crippen molar-refractivity contribution in [1.29, 1.82) is 0 Å². The molecule has 0 radical (unpaired) electrons. The Morgan fingerprint density at radius 3 is 2.78 bits per heavy atom. The average Bonchev–Trinajstić information content (AvgIpc) is 2.69. The Morgan fingerprint density at radius 2 is 2.28 bits per heavy atom. The molecule has 18 heavy (non-hydrogen) atoms. The highest BCUT2D eigenvalue weighted by molar-refractivity contribution is 8.13. The number of halogens is 2. The van der Waals surface area contributed by atoms with Gasteiger partial charge in [-0.3, -0.25) is 4.68 Å². The van der Waals surface area contributed by atoms with Gasteiger partial charge in [-0.1, -0.05) is 6.92 Å². The highest BCUT2D eigenvalue weighted by Crippen LogP contribution is 2.20. The van der Waals surface area contributed by atoms with E-state index in [2.05, 4.69) is 5.10 Å². The van der Waals surface area contributed by atoms with Gasteiger partial charge in [-0.05, 0) is 13.3 Å². The van der Waals surface area contributed by atoms with E-state index >= 15 is 0 Å². The first-order valence-corrected chi connectivity index (χ1v) is 7.88. The molecule has 1 rings (SSSR count). The van der Waals surface area contributed by atoms with Crippen molar-refractivity contribution in [2.75, 3.05) is 6.67 Å². The smallest absolute Gasteiger partial charge is 0.264 e. The van der Waals surface area contributed by atoms with Crippen LogP contribution in [0.4, 0.5) is 4.39 Å². The lowest BCUT2D eigenvalue weighted by atomic mass is 10.3. The third-order valence-electron chi connectivity index (χ3n) is 2.46. The fraction of sp³-hybridized carbons (Fsp3) is 0.700. The number of nitrogens with zero attached hydrogens (tertiary/aromatic N) is 2. The number of alkyl halides is 1. The van der Waals surface area contributed by atoms with E-state index in [1.807, 2.05) is 13.8 Å². The van der Waals surface area contributed by atoms with Crippen LogP contribution in [0, 0.1) is 0 Å². The Kier molecular flexibility index (Phi) is 5.55. The zero-order chi connectivity index (χ0) is 13.8. The Hall–Kier alpha value is -0.660. The lowest BCUT2D eigenvalue weighted by Crippen LogP contribution is -2.08. The van der Waals surface area contributed by atoms with Gasteiger partial charge in [0.2, 0.25) is 0 Å². The largest absolute Gasteiger partial charge is 0.372 e. The summed E-state index contributed by atoms with van der Waals surface area (Å²) < 4.78 is 41.5. The summed E-state index contributed by atoms with van der Waals surface area (Å²) in [4.78, 5) is -0.124. The second kappa shape index (κ2) is 6.49. The zero-order valence-electron chi connectivity index (χ0n) is 10.3. The van der Waals surface area contributed by atoms with Crippen LogP contribution in [0.15, 0.2) is 11.1 Å². The van der Waals surface area contributed by atoms with Crippen molar-refractivity contribution in [3.63, 3.8) is 0 Å². The maximum absolute atomic E-state index is 12.2. The Morgan fingerprint density at radius 1 is 1.61 bits per heavy atom. The summed E-state index contributed by atoms with van der Waals surface area (Å²) in [6.07, 6.45) is 2.01. The van der Waals surface area contributed by atoms with E-state index in [0.29, 0.717) is 0 Å². The maximum Gasteiger partial charge on any atom is 0.264 e. The number of aromatic nitrogens is 2. The highest BCUT2D eigenvalue weighted by Gasteiger charge is 2.20. The lowest BCUT2D eigenvalue weighted by molar-refractivity contribution is 0.0473. The molecule has 0 aromatic carbocycles. The van der Waals surface area contributed by atoms with Crippen LogP contribution in [0.1, 0.15) is 26.0 Å². The summed E-state index contributed by atoms with van der Waals surface area (Å²) in [5.41, 5.74) is 0.207. The molecule has 1 aromatic heterocycles. The summed E-state index contributed by atoms with van der Waals surface area (Å²) in [5.74, 6) is 0. The van der Waals surface area contributed by atoms with E-state index in [-0.39, 0.29) is 29.8 Å². The molecule has 0 unspecified atom stereocenters. The van der Waals surface area contributed by atoms with Gasteiger partial charge in [0.25, 0.3) is 9.05 Å². The van der Waals surface area contributed by atoms with Crippen LogP contribution >= 0.6 is 10.7 Å². The van der Waals surface area contributed by atoms with Gasteiger partial charge in [-0.25, -0.2) is 12.8 Å². The number of ether oxygens (including phenoxy) is 1. The van der Waals surface area contributed by atoms with Crippen LogP contribution in [0.3, 0.4) is 0 Å². The monoisotopic (exact) mass is 298 g/mol. The number of hydrogen-bond donors (Lipinski definition) is 0. The molecule has 0 spiro atoms. The van der Waals surface area contributed by atoms with Gasteiger partial charge in [0, 0.05) is 16.9 Å². The topological polar surface area (TPSA) is 61.2 Å².